The first-order valence-corrected chi connectivity index (χ1v) is 8.13. The Morgan fingerprint density at radius 1 is 0.840 bits per heavy atom. The topological polar surface area (TPSA) is 48.1 Å². The molecule has 0 bridgehead atoms. The van der Waals surface area contributed by atoms with Crippen LogP contribution in [0.15, 0.2) is 79.0 Å². The van der Waals surface area contributed by atoms with Gasteiger partial charge in [-0.3, -0.25) is 10.1 Å². The smallest absolute Gasteiger partial charge is 0.277 e. The second-order valence-electron chi connectivity index (χ2n) is 5.65. The van der Waals surface area contributed by atoms with Gasteiger partial charge in [0.1, 0.15) is 0 Å². The van der Waals surface area contributed by atoms with E-state index < -0.39 is 0 Å². The molecule has 0 N–H and O–H groups in total. The van der Waals surface area contributed by atoms with E-state index in [9.17, 15) is 10.1 Å². The molecule has 0 radical (unpaired) electrons. The van der Waals surface area contributed by atoms with Gasteiger partial charge in [-0.05, 0) is 35.9 Å². The predicted octanol–water partition coefficient (Wildman–Crippen LogP) is 5.86. The molecule has 4 nitrogen and oxygen atoms in total. The molecule has 122 valence electrons. The predicted molar refractivity (Wildman–Crippen MR) is 100 cm³/mol. The molecule has 0 aliphatic heterocycles. The number of hydrogen-bond acceptors (Lipinski definition) is 2. The number of nitro benzene ring substituents is 1. The minimum Gasteiger partial charge on any atom is -0.315 e. The Hall–Kier alpha value is -3.11. The summed E-state index contributed by atoms with van der Waals surface area (Å²) in [4.78, 5) is 11.0. The van der Waals surface area contributed by atoms with Crippen molar-refractivity contribution in [3.63, 3.8) is 0 Å². The van der Waals surface area contributed by atoms with E-state index in [4.69, 9.17) is 11.6 Å². The first-order valence-electron chi connectivity index (χ1n) is 7.75. The molecule has 5 heteroatoms. The van der Waals surface area contributed by atoms with Crippen LogP contribution in [0.3, 0.4) is 0 Å². The molecular weight excluding hydrogens is 336 g/mol. The van der Waals surface area contributed by atoms with Crippen LogP contribution in [0, 0.1) is 10.1 Å². The molecule has 0 amide bonds. The van der Waals surface area contributed by atoms with Crippen molar-refractivity contribution in [3.05, 3.63) is 94.1 Å². The number of para-hydroxylation sites is 2. The molecule has 0 atom stereocenters. The van der Waals surface area contributed by atoms with Gasteiger partial charge in [-0.15, -0.1) is 0 Å². The first-order chi connectivity index (χ1) is 12.2. The molecule has 0 saturated carbocycles. The van der Waals surface area contributed by atoms with E-state index in [1.165, 1.54) is 6.07 Å². The summed E-state index contributed by atoms with van der Waals surface area (Å²) in [5.74, 6) is 0. The highest BCUT2D eigenvalue weighted by atomic mass is 35.5. The lowest BCUT2D eigenvalue weighted by atomic mass is 10.00. The second-order valence-corrected chi connectivity index (χ2v) is 6.06. The highest BCUT2D eigenvalue weighted by Gasteiger charge is 2.18. The molecule has 1 aromatic heterocycles. The van der Waals surface area contributed by atoms with Gasteiger partial charge in [0.15, 0.2) is 0 Å². The molecular formula is C20H13ClN2O2. The number of benzene rings is 3. The van der Waals surface area contributed by atoms with Gasteiger partial charge in [-0.25, -0.2) is 0 Å². The normalized spacial score (nSPS) is 10.9. The Morgan fingerprint density at radius 3 is 2.32 bits per heavy atom. The molecule has 0 spiro atoms. The average molecular weight is 349 g/mol. The standard InChI is InChI=1S/C20H13ClN2O2/c21-18-11-10-15(16-8-4-5-9-19(16)23(24)25)17-12-13-22(20(17)18)14-6-2-1-3-7-14/h1-13H. The van der Waals surface area contributed by atoms with Gasteiger partial charge in [-0.2, -0.15) is 0 Å². The van der Waals surface area contributed by atoms with Crippen LogP contribution in [0.4, 0.5) is 5.69 Å². The lowest BCUT2D eigenvalue weighted by molar-refractivity contribution is -0.384. The summed E-state index contributed by atoms with van der Waals surface area (Å²) in [6, 6.07) is 22.2. The molecule has 0 aliphatic carbocycles. The lowest BCUT2D eigenvalue weighted by Crippen LogP contribution is -1.94. The highest BCUT2D eigenvalue weighted by Crippen LogP contribution is 2.38. The largest absolute Gasteiger partial charge is 0.315 e. The number of hydrogen-bond donors (Lipinski definition) is 0. The van der Waals surface area contributed by atoms with Gasteiger partial charge in [-0.1, -0.05) is 48.0 Å². The Balaban J connectivity index is 2.02. The third-order valence-electron chi connectivity index (χ3n) is 4.22. The number of aromatic nitrogens is 1. The number of nitro groups is 1. The van der Waals surface area contributed by atoms with E-state index in [-0.39, 0.29) is 10.6 Å². The van der Waals surface area contributed by atoms with Gasteiger partial charge in [0.25, 0.3) is 5.69 Å². The van der Waals surface area contributed by atoms with Crippen LogP contribution in [0.5, 0.6) is 0 Å². The highest BCUT2D eigenvalue weighted by molar-refractivity contribution is 6.35. The molecule has 4 rings (SSSR count). The van der Waals surface area contributed by atoms with Crippen molar-refractivity contribution in [3.8, 4) is 16.8 Å². The van der Waals surface area contributed by atoms with Crippen LogP contribution in [0.1, 0.15) is 0 Å². The lowest BCUT2D eigenvalue weighted by Gasteiger charge is -2.10. The molecule has 0 aliphatic rings. The Morgan fingerprint density at radius 2 is 1.56 bits per heavy atom. The van der Waals surface area contributed by atoms with Crippen molar-refractivity contribution in [2.45, 2.75) is 0 Å². The maximum absolute atomic E-state index is 11.4. The van der Waals surface area contributed by atoms with Crippen molar-refractivity contribution < 1.29 is 4.92 Å². The number of fused-ring (bicyclic) bond motifs is 1. The van der Waals surface area contributed by atoms with E-state index in [1.54, 1.807) is 24.3 Å². The number of halogens is 1. The van der Waals surface area contributed by atoms with E-state index in [0.717, 1.165) is 22.2 Å². The minimum absolute atomic E-state index is 0.0820. The summed E-state index contributed by atoms with van der Waals surface area (Å²) in [6.45, 7) is 0. The fourth-order valence-electron chi connectivity index (χ4n) is 3.12. The summed E-state index contributed by atoms with van der Waals surface area (Å²) >= 11 is 6.46. The van der Waals surface area contributed by atoms with Crippen LogP contribution >= 0.6 is 11.6 Å². The van der Waals surface area contributed by atoms with E-state index >= 15 is 0 Å². The van der Waals surface area contributed by atoms with Gasteiger partial charge >= 0.3 is 0 Å². The Labute approximate surface area is 149 Å². The first kappa shape index (κ1) is 15.4. The zero-order chi connectivity index (χ0) is 17.4. The fraction of sp³-hybridized carbons (Fsp3) is 0. The third kappa shape index (κ3) is 2.57. The number of nitrogens with zero attached hydrogens (tertiary/aromatic N) is 2. The van der Waals surface area contributed by atoms with Crippen LogP contribution in [-0.2, 0) is 0 Å². The Bertz CT molecular complexity index is 1090. The summed E-state index contributed by atoms with van der Waals surface area (Å²) in [6.07, 6.45) is 1.93. The van der Waals surface area contributed by atoms with Crippen LogP contribution < -0.4 is 0 Å². The molecule has 0 fully saturated rings. The van der Waals surface area contributed by atoms with Crippen molar-refractivity contribution >= 4 is 28.2 Å². The monoisotopic (exact) mass is 348 g/mol. The van der Waals surface area contributed by atoms with Crippen LogP contribution in [-0.4, -0.2) is 9.49 Å². The zero-order valence-electron chi connectivity index (χ0n) is 13.1. The molecule has 0 unspecified atom stereocenters. The van der Waals surface area contributed by atoms with Gasteiger partial charge in [0.2, 0.25) is 0 Å². The summed E-state index contributed by atoms with van der Waals surface area (Å²) in [7, 11) is 0. The third-order valence-corrected chi connectivity index (χ3v) is 4.53. The summed E-state index contributed by atoms with van der Waals surface area (Å²) in [5, 5.41) is 12.9. The molecule has 3 aromatic carbocycles. The minimum atomic E-state index is -0.357. The van der Waals surface area contributed by atoms with E-state index in [0.29, 0.717) is 10.6 Å². The second kappa shape index (κ2) is 6.07. The van der Waals surface area contributed by atoms with E-state index in [1.807, 2.05) is 53.2 Å². The van der Waals surface area contributed by atoms with Gasteiger partial charge < -0.3 is 4.57 Å². The van der Waals surface area contributed by atoms with Gasteiger partial charge in [0.05, 0.1) is 21.0 Å². The SMILES string of the molecule is O=[N+]([O-])c1ccccc1-c1ccc(Cl)c2c1ccn2-c1ccccc1. The van der Waals surface area contributed by atoms with Crippen LogP contribution in [0.2, 0.25) is 5.02 Å². The van der Waals surface area contributed by atoms with Gasteiger partial charge in [0, 0.05) is 23.3 Å². The Kier molecular flexibility index (Phi) is 3.75. The van der Waals surface area contributed by atoms with Crippen molar-refractivity contribution in [1.82, 2.24) is 4.57 Å². The van der Waals surface area contributed by atoms with Crippen molar-refractivity contribution in [1.29, 1.82) is 0 Å². The maximum atomic E-state index is 11.4. The summed E-state index contributed by atoms with van der Waals surface area (Å²) in [5.41, 5.74) is 3.28. The number of rotatable bonds is 3. The van der Waals surface area contributed by atoms with Crippen LogP contribution in [0.25, 0.3) is 27.7 Å². The van der Waals surface area contributed by atoms with Crippen molar-refractivity contribution in [2.75, 3.05) is 0 Å². The molecule has 0 saturated heterocycles. The average Bonchev–Trinajstić information content (AvgIpc) is 3.09. The fourth-order valence-corrected chi connectivity index (χ4v) is 3.37. The quantitative estimate of drug-likeness (QED) is 0.344. The zero-order valence-corrected chi connectivity index (χ0v) is 13.9. The van der Waals surface area contributed by atoms with E-state index in [2.05, 4.69) is 0 Å². The van der Waals surface area contributed by atoms with Crippen molar-refractivity contribution in [2.24, 2.45) is 0 Å². The molecule has 25 heavy (non-hydrogen) atoms. The molecule has 4 aromatic rings. The maximum Gasteiger partial charge on any atom is 0.277 e. The molecule has 1 heterocycles. The summed E-state index contributed by atoms with van der Waals surface area (Å²) < 4.78 is 2.00.